The molecule has 5 heteroatoms. The Morgan fingerprint density at radius 2 is 1.73 bits per heavy atom. The second-order valence-electron chi connectivity index (χ2n) is 5.72. The first-order valence-corrected chi connectivity index (χ1v) is 8.53. The van der Waals surface area contributed by atoms with Gasteiger partial charge in [0.05, 0.1) is 6.21 Å². The summed E-state index contributed by atoms with van der Waals surface area (Å²) in [6.07, 6.45) is 3.49. The number of fused-ring (bicyclic) bond motifs is 1. The van der Waals surface area contributed by atoms with Crippen molar-refractivity contribution in [3.63, 3.8) is 0 Å². The highest BCUT2D eigenvalue weighted by Gasteiger charge is 2.09. The highest BCUT2D eigenvalue weighted by atomic mass is 35.5. The van der Waals surface area contributed by atoms with E-state index in [2.05, 4.69) is 26.6 Å². The van der Waals surface area contributed by atoms with Gasteiger partial charge in [-0.25, -0.2) is 9.97 Å². The lowest BCUT2D eigenvalue weighted by Gasteiger charge is -2.10. The van der Waals surface area contributed by atoms with E-state index in [1.54, 1.807) is 12.4 Å². The third-order valence-corrected chi connectivity index (χ3v) is 4.18. The third kappa shape index (κ3) is 3.55. The molecule has 0 unspecified atom stereocenters. The Morgan fingerprint density at radius 3 is 2.54 bits per heavy atom. The Morgan fingerprint density at radius 1 is 0.923 bits per heavy atom. The van der Waals surface area contributed by atoms with Gasteiger partial charge in [-0.3, -0.25) is 5.43 Å². The van der Waals surface area contributed by atoms with E-state index in [0.717, 1.165) is 22.1 Å². The minimum absolute atomic E-state index is 0.644. The molecule has 26 heavy (non-hydrogen) atoms. The van der Waals surface area contributed by atoms with Gasteiger partial charge >= 0.3 is 0 Å². The molecule has 0 saturated carbocycles. The molecule has 2 aromatic carbocycles. The summed E-state index contributed by atoms with van der Waals surface area (Å²) in [6, 6.07) is 23.5. The van der Waals surface area contributed by atoms with Crippen LogP contribution in [0.5, 0.6) is 0 Å². The van der Waals surface area contributed by atoms with Crippen LogP contribution in [0.3, 0.4) is 0 Å². The van der Waals surface area contributed by atoms with Gasteiger partial charge in [0, 0.05) is 22.2 Å². The summed E-state index contributed by atoms with van der Waals surface area (Å²) in [7, 11) is 0. The molecule has 0 bridgehead atoms. The van der Waals surface area contributed by atoms with E-state index >= 15 is 0 Å². The van der Waals surface area contributed by atoms with E-state index in [0.29, 0.717) is 16.5 Å². The first-order chi connectivity index (χ1) is 12.8. The van der Waals surface area contributed by atoms with Gasteiger partial charge in [0.2, 0.25) is 0 Å². The molecular weight excluding hydrogens is 344 g/mol. The largest absolute Gasteiger partial charge is 0.261 e. The van der Waals surface area contributed by atoms with Crippen LogP contribution in [-0.2, 0) is 0 Å². The minimum atomic E-state index is 0.644. The maximum atomic E-state index is 6.02. The number of pyridine rings is 2. The fourth-order valence-corrected chi connectivity index (χ4v) is 2.77. The van der Waals surface area contributed by atoms with Gasteiger partial charge in [-0.1, -0.05) is 54.1 Å². The molecule has 0 atom stereocenters. The van der Waals surface area contributed by atoms with E-state index in [4.69, 9.17) is 11.6 Å². The number of nitrogens with zero attached hydrogens (tertiary/aromatic N) is 3. The van der Waals surface area contributed by atoms with E-state index in [1.165, 1.54) is 0 Å². The summed E-state index contributed by atoms with van der Waals surface area (Å²) in [5, 5.41) is 5.99. The number of halogens is 1. The SMILES string of the molecule is Clc1ccc(-c2cc3cccnc3nc2N/N=C/c2ccccc2)cc1. The van der Waals surface area contributed by atoms with E-state index in [-0.39, 0.29) is 0 Å². The summed E-state index contributed by atoms with van der Waals surface area (Å²) >= 11 is 6.02. The number of hydrogen-bond acceptors (Lipinski definition) is 4. The molecule has 126 valence electrons. The van der Waals surface area contributed by atoms with Gasteiger partial charge in [-0.2, -0.15) is 5.10 Å². The monoisotopic (exact) mass is 358 g/mol. The average molecular weight is 359 g/mol. The molecule has 0 spiro atoms. The smallest absolute Gasteiger partial charge is 0.161 e. The van der Waals surface area contributed by atoms with Crippen LogP contribution in [-0.4, -0.2) is 16.2 Å². The van der Waals surface area contributed by atoms with E-state index < -0.39 is 0 Å². The van der Waals surface area contributed by atoms with Crippen LogP contribution in [0.2, 0.25) is 5.02 Å². The summed E-state index contributed by atoms with van der Waals surface area (Å²) in [5.41, 5.74) is 6.67. The second kappa shape index (κ2) is 7.33. The number of benzene rings is 2. The number of rotatable bonds is 4. The van der Waals surface area contributed by atoms with Crippen LogP contribution in [0.4, 0.5) is 5.82 Å². The van der Waals surface area contributed by atoms with Crippen LogP contribution in [0.25, 0.3) is 22.2 Å². The van der Waals surface area contributed by atoms with Crippen molar-refractivity contribution < 1.29 is 0 Å². The topological polar surface area (TPSA) is 50.2 Å². The second-order valence-corrected chi connectivity index (χ2v) is 6.16. The third-order valence-electron chi connectivity index (χ3n) is 3.93. The van der Waals surface area contributed by atoms with Crippen molar-refractivity contribution in [1.82, 2.24) is 9.97 Å². The van der Waals surface area contributed by atoms with Crippen molar-refractivity contribution in [2.45, 2.75) is 0 Å². The molecule has 0 aliphatic heterocycles. The Kier molecular flexibility index (Phi) is 4.58. The molecule has 0 saturated heterocycles. The van der Waals surface area contributed by atoms with Gasteiger partial charge in [-0.15, -0.1) is 0 Å². The van der Waals surface area contributed by atoms with Crippen LogP contribution < -0.4 is 5.43 Å². The Balaban J connectivity index is 1.74. The van der Waals surface area contributed by atoms with Gasteiger partial charge < -0.3 is 0 Å². The summed E-state index contributed by atoms with van der Waals surface area (Å²) in [5.74, 6) is 0.644. The summed E-state index contributed by atoms with van der Waals surface area (Å²) < 4.78 is 0. The van der Waals surface area contributed by atoms with Gasteiger partial charge in [0.25, 0.3) is 0 Å². The fraction of sp³-hybridized carbons (Fsp3) is 0. The average Bonchev–Trinajstić information content (AvgIpc) is 2.69. The molecule has 2 heterocycles. The molecule has 2 aromatic heterocycles. The Labute approximate surface area is 156 Å². The first-order valence-electron chi connectivity index (χ1n) is 8.15. The van der Waals surface area contributed by atoms with Gasteiger partial charge in [0.15, 0.2) is 11.5 Å². The number of hydrazone groups is 1. The maximum Gasteiger partial charge on any atom is 0.161 e. The van der Waals surface area contributed by atoms with Crippen molar-refractivity contribution in [1.29, 1.82) is 0 Å². The fourth-order valence-electron chi connectivity index (χ4n) is 2.65. The molecule has 0 aliphatic carbocycles. The molecule has 0 radical (unpaired) electrons. The molecule has 4 aromatic rings. The lowest BCUT2D eigenvalue weighted by Crippen LogP contribution is -1.98. The number of hydrogen-bond donors (Lipinski definition) is 1. The lowest BCUT2D eigenvalue weighted by molar-refractivity contribution is 1.23. The Hall–Kier alpha value is -3.24. The quantitative estimate of drug-likeness (QED) is 0.392. The highest BCUT2D eigenvalue weighted by Crippen LogP contribution is 2.30. The molecule has 0 fully saturated rings. The first kappa shape index (κ1) is 16.2. The molecule has 0 aliphatic rings. The van der Waals surface area contributed by atoms with Crippen LogP contribution >= 0.6 is 11.6 Å². The number of aromatic nitrogens is 2. The molecule has 1 N–H and O–H groups in total. The van der Waals surface area contributed by atoms with Crippen molar-refractivity contribution >= 4 is 34.7 Å². The van der Waals surface area contributed by atoms with Crippen LogP contribution in [0.15, 0.2) is 84.1 Å². The molecule has 4 rings (SSSR count). The minimum Gasteiger partial charge on any atom is -0.261 e. The van der Waals surface area contributed by atoms with Crippen molar-refractivity contribution in [3.05, 3.63) is 89.6 Å². The number of anilines is 1. The van der Waals surface area contributed by atoms with Gasteiger partial charge in [0.1, 0.15) is 0 Å². The maximum absolute atomic E-state index is 6.02. The number of nitrogens with one attached hydrogen (secondary N) is 1. The standard InChI is InChI=1S/C21H15ClN4/c22-18-10-8-16(9-11-18)19-13-17-7-4-12-23-20(17)25-21(19)26-24-14-15-5-2-1-3-6-15/h1-14H,(H,23,25,26)/b24-14+. The molecule has 4 nitrogen and oxygen atoms in total. The summed E-state index contributed by atoms with van der Waals surface area (Å²) in [4.78, 5) is 8.97. The Bertz CT molecular complexity index is 1060. The highest BCUT2D eigenvalue weighted by molar-refractivity contribution is 6.30. The van der Waals surface area contributed by atoms with Crippen molar-refractivity contribution in [2.24, 2.45) is 5.10 Å². The van der Waals surface area contributed by atoms with Crippen LogP contribution in [0, 0.1) is 0 Å². The lowest BCUT2D eigenvalue weighted by atomic mass is 10.1. The van der Waals surface area contributed by atoms with Crippen molar-refractivity contribution in [3.8, 4) is 11.1 Å². The molecule has 0 amide bonds. The van der Waals surface area contributed by atoms with E-state index in [1.807, 2.05) is 66.7 Å². The zero-order valence-electron chi connectivity index (χ0n) is 13.8. The van der Waals surface area contributed by atoms with Gasteiger partial charge in [-0.05, 0) is 41.5 Å². The van der Waals surface area contributed by atoms with Crippen LogP contribution in [0.1, 0.15) is 5.56 Å². The van der Waals surface area contributed by atoms with E-state index in [9.17, 15) is 0 Å². The molecular formula is C21H15ClN4. The predicted octanol–water partition coefficient (Wildman–Crippen LogP) is 5.40. The zero-order chi connectivity index (χ0) is 17.8. The predicted molar refractivity (Wildman–Crippen MR) is 108 cm³/mol. The zero-order valence-corrected chi connectivity index (χ0v) is 14.6. The van der Waals surface area contributed by atoms with Crippen molar-refractivity contribution in [2.75, 3.05) is 5.43 Å². The normalized spacial score (nSPS) is 11.1. The summed E-state index contributed by atoms with van der Waals surface area (Å²) in [6.45, 7) is 0.